The second kappa shape index (κ2) is 8.82. The number of carbonyl (C=O) groups is 1. The van der Waals surface area contributed by atoms with Gasteiger partial charge in [0.1, 0.15) is 5.52 Å². The Balaban J connectivity index is 1.54. The Morgan fingerprint density at radius 3 is 2.77 bits per heavy atom. The van der Waals surface area contributed by atoms with Crippen LogP contribution in [0.25, 0.3) is 32.7 Å². The molecule has 4 heterocycles. The monoisotopic (exact) mass is 482 g/mol. The van der Waals surface area contributed by atoms with Crippen LogP contribution in [0.1, 0.15) is 31.0 Å². The van der Waals surface area contributed by atoms with Crippen LogP contribution in [0.15, 0.2) is 36.5 Å². The first-order chi connectivity index (χ1) is 16.9. The summed E-state index contributed by atoms with van der Waals surface area (Å²) in [7, 11) is 0. The highest BCUT2D eigenvalue weighted by Gasteiger charge is 2.32. The van der Waals surface area contributed by atoms with Gasteiger partial charge < -0.3 is 4.90 Å². The summed E-state index contributed by atoms with van der Waals surface area (Å²) in [5.74, 6) is 0. The number of likely N-dealkylation sites (tertiary alicyclic amines) is 1. The molecule has 0 saturated carbocycles. The van der Waals surface area contributed by atoms with Crippen LogP contribution in [0.3, 0.4) is 0 Å². The van der Waals surface area contributed by atoms with Gasteiger partial charge in [-0.25, -0.2) is 14.8 Å². The molecule has 174 valence electrons. The maximum absolute atomic E-state index is 13.0. The van der Waals surface area contributed by atoms with E-state index in [4.69, 9.17) is 4.98 Å². The molecule has 1 aliphatic heterocycles. The van der Waals surface area contributed by atoms with Crippen LogP contribution in [0.4, 0.5) is 9.93 Å². The van der Waals surface area contributed by atoms with Gasteiger partial charge in [0, 0.05) is 29.9 Å². The molecule has 0 spiro atoms. The number of nitrogens with one attached hydrogen (secondary N) is 2. The Bertz CT molecular complexity index is 1510. The molecule has 4 aromatic rings. The van der Waals surface area contributed by atoms with Gasteiger partial charge in [0.15, 0.2) is 5.13 Å². The molecule has 9 nitrogen and oxygen atoms in total. The zero-order valence-corrected chi connectivity index (χ0v) is 20.1. The largest absolute Gasteiger partial charge is 0.324 e. The Labute approximate surface area is 206 Å². The number of nitriles is 2. The number of pyridine rings is 1. The van der Waals surface area contributed by atoms with E-state index < -0.39 is 5.41 Å². The predicted molar refractivity (Wildman–Crippen MR) is 133 cm³/mol. The third-order valence-corrected chi connectivity index (χ3v) is 7.32. The quantitative estimate of drug-likeness (QED) is 0.418. The van der Waals surface area contributed by atoms with Crippen LogP contribution in [-0.2, 0) is 0 Å². The molecule has 10 heteroatoms. The molecule has 0 aliphatic carbocycles. The standard InChI is InChI=1S/C25H22N8OS/c1-15-10-18(21-19(29-15)13-28-32-21)22-20(17-5-3-4-16(11-17)12-26)30-23(35-22)31-24(34)33-8-6-25(2,14-27)7-9-33/h3-5,10-11,13H,6-9H2,1-2H3,(H,28,32)(H,30,31,34). The molecule has 1 aliphatic rings. The molecule has 2 amide bonds. The molecule has 35 heavy (non-hydrogen) atoms. The number of aromatic amines is 1. The van der Waals surface area contributed by atoms with E-state index in [1.807, 2.05) is 32.0 Å². The number of hydrogen-bond donors (Lipinski definition) is 2. The van der Waals surface area contributed by atoms with Gasteiger partial charge in [0.05, 0.1) is 45.4 Å². The first-order valence-corrected chi connectivity index (χ1v) is 12.0. The van der Waals surface area contributed by atoms with Crippen molar-refractivity contribution in [2.45, 2.75) is 26.7 Å². The summed E-state index contributed by atoms with van der Waals surface area (Å²) in [6.45, 7) is 4.89. The lowest BCUT2D eigenvalue weighted by molar-refractivity contribution is 0.166. The molecular formula is C25H22N8OS. The van der Waals surface area contributed by atoms with Gasteiger partial charge >= 0.3 is 6.03 Å². The topological polar surface area (TPSA) is 134 Å². The van der Waals surface area contributed by atoms with Crippen LogP contribution >= 0.6 is 11.3 Å². The molecular weight excluding hydrogens is 460 g/mol. The third kappa shape index (κ3) is 4.32. The van der Waals surface area contributed by atoms with E-state index in [-0.39, 0.29) is 6.03 Å². The second-order valence-corrected chi connectivity index (χ2v) is 9.92. The average Bonchev–Trinajstić information content (AvgIpc) is 3.51. The number of H-pyrrole nitrogens is 1. The molecule has 1 aromatic carbocycles. The fourth-order valence-corrected chi connectivity index (χ4v) is 5.22. The van der Waals surface area contributed by atoms with E-state index in [2.05, 4.69) is 32.6 Å². The van der Waals surface area contributed by atoms with Crippen LogP contribution < -0.4 is 5.32 Å². The van der Waals surface area contributed by atoms with Crippen molar-refractivity contribution in [1.82, 2.24) is 25.1 Å². The minimum atomic E-state index is -0.390. The van der Waals surface area contributed by atoms with E-state index in [0.29, 0.717) is 42.3 Å². The van der Waals surface area contributed by atoms with Gasteiger partial charge in [-0.15, -0.1) is 0 Å². The first kappa shape index (κ1) is 22.5. The van der Waals surface area contributed by atoms with Crippen molar-refractivity contribution in [2.75, 3.05) is 18.4 Å². The summed E-state index contributed by atoms with van der Waals surface area (Å²) in [4.78, 5) is 24.9. The van der Waals surface area contributed by atoms with E-state index in [1.165, 1.54) is 11.3 Å². The summed E-state index contributed by atoms with van der Waals surface area (Å²) in [5.41, 5.74) is 4.81. The number of urea groups is 1. The van der Waals surface area contributed by atoms with Crippen LogP contribution in [0.5, 0.6) is 0 Å². The third-order valence-electron chi connectivity index (χ3n) is 6.31. The number of aromatic nitrogens is 4. The molecule has 0 bridgehead atoms. The minimum absolute atomic E-state index is 0.236. The molecule has 0 atom stereocenters. The Morgan fingerprint density at radius 1 is 1.23 bits per heavy atom. The first-order valence-electron chi connectivity index (χ1n) is 11.2. The van der Waals surface area contributed by atoms with Crippen LogP contribution in [-0.4, -0.2) is 44.2 Å². The minimum Gasteiger partial charge on any atom is -0.324 e. The number of fused-ring (bicyclic) bond motifs is 1. The Morgan fingerprint density at radius 2 is 2.03 bits per heavy atom. The lowest BCUT2D eigenvalue weighted by atomic mass is 9.82. The normalized spacial score (nSPS) is 14.9. The van der Waals surface area contributed by atoms with Crippen molar-refractivity contribution in [1.29, 1.82) is 10.5 Å². The van der Waals surface area contributed by atoms with Crippen LogP contribution in [0.2, 0.25) is 0 Å². The smallest absolute Gasteiger partial charge is 0.323 e. The fraction of sp³-hybridized carbons (Fsp3) is 0.280. The summed E-state index contributed by atoms with van der Waals surface area (Å²) >= 11 is 1.36. The van der Waals surface area contributed by atoms with Crippen molar-refractivity contribution in [2.24, 2.45) is 5.41 Å². The van der Waals surface area contributed by atoms with Gasteiger partial charge in [-0.05, 0) is 44.9 Å². The number of aryl methyl sites for hydroxylation is 1. The van der Waals surface area contributed by atoms with E-state index in [0.717, 1.165) is 32.7 Å². The highest BCUT2D eigenvalue weighted by molar-refractivity contribution is 7.19. The average molecular weight is 483 g/mol. The number of carbonyl (C=O) groups excluding carboxylic acids is 1. The molecule has 0 unspecified atom stereocenters. The van der Waals surface area contributed by atoms with E-state index in [9.17, 15) is 15.3 Å². The maximum atomic E-state index is 13.0. The van der Waals surface area contributed by atoms with Gasteiger partial charge in [-0.2, -0.15) is 15.6 Å². The SMILES string of the molecule is Cc1cc(-c2sc(NC(=O)N3CCC(C)(C#N)CC3)nc2-c2cccc(C#N)c2)c2[nH]ncc2n1. The molecule has 1 saturated heterocycles. The fourth-order valence-electron chi connectivity index (χ4n) is 4.22. The molecule has 3 aromatic heterocycles. The van der Waals surface area contributed by atoms with Crippen molar-refractivity contribution in [3.8, 4) is 33.8 Å². The number of benzene rings is 1. The maximum Gasteiger partial charge on any atom is 0.323 e. The van der Waals surface area contributed by atoms with Crippen molar-refractivity contribution in [3.63, 3.8) is 0 Å². The summed E-state index contributed by atoms with van der Waals surface area (Å²) in [5, 5.41) is 29.3. The number of anilines is 1. The number of amides is 2. The molecule has 5 rings (SSSR count). The van der Waals surface area contributed by atoms with Crippen molar-refractivity contribution < 1.29 is 4.79 Å². The van der Waals surface area contributed by atoms with E-state index in [1.54, 1.807) is 23.2 Å². The van der Waals surface area contributed by atoms with Crippen molar-refractivity contribution in [3.05, 3.63) is 47.8 Å². The van der Waals surface area contributed by atoms with Gasteiger partial charge in [0.2, 0.25) is 0 Å². The lowest BCUT2D eigenvalue weighted by Crippen LogP contribution is -2.43. The zero-order chi connectivity index (χ0) is 24.6. The summed E-state index contributed by atoms with van der Waals surface area (Å²) in [6.07, 6.45) is 2.96. The van der Waals surface area contributed by atoms with Gasteiger partial charge in [-0.3, -0.25) is 10.4 Å². The second-order valence-electron chi connectivity index (χ2n) is 8.92. The highest BCUT2D eigenvalue weighted by atomic mass is 32.1. The molecule has 2 N–H and O–H groups in total. The molecule has 1 fully saturated rings. The Hall–Kier alpha value is -4.28. The number of hydrogen-bond acceptors (Lipinski definition) is 7. The number of thiazole rings is 1. The van der Waals surface area contributed by atoms with Gasteiger partial charge in [0.25, 0.3) is 0 Å². The Kier molecular flexibility index (Phi) is 5.67. The van der Waals surface area contributed by atoms with Gasteiger partial charge in [-0.1, -0.05) is 23.5 Å². The van der Waals surface area contributed by atoms with E-state index >= 15 is 0 Å². The summed E-state index contributed by atoms with van der Waals surface area (Å²) < 4.78 is 0. The number of rotatable bonds is 3. The molecule has 0 radical (unpaired) electrons. The highest BCUT2D eigenvalue weighted by Crippen LogP contribution is 2.42. The predicted octanol–water partition coefficient (Wildman–Crippen LogP) is 5.09. The van der Waals surface area contributed by atoms with Crippen molar-refractivity contribution >= 4 is 33.5 Å². The number of nitrogens with zero attached hydrogens (tertiary/aromatic N) is 6. The zero-order valence-electron chi connectivity index (χ0n) is 19.3. The lowest BCUT2D eigenvalue weighted by Gasteiger charge is -2.34. The number of piperidine rings is 1. The summed E-state index contributed by atoms with van der Waals surface area (Å²) in [6, 6.07) is 13.5. The van der Waals surface area contributed by atoms with Crippen LogP contribution in [0, 0.1) is 35.0 Å².